The highest BCUT2D eigenvalue weighted by Gasteiger charge is 2.22. The molecule has 2 rings (SSSR count). The Morgan fingerprint density at radius 3 is 2.74 bits per heavy atom. The number of hydrogen-bond donors (Lipinski definition) is 1. The lowest BCUT2D eigenvalue weighted by Gasteiger charge is -2.28. The van der Waals surface area contributed by atoms with Crippen LogP contribution in [0.2, 0.25) is 0 Å². The number of nitrogens with one attached hydrogen (secondary N) is 1. The van der Waals surface area contributed by atoms with Crippen LogP contribution in [0.3, 0.4) is 0 Å². The highest BCUT2D eigenvalue weighted by molar-refractivity contribution is 5.66. The third kappa shape index (κ3) is 3.23. The molecule has 1 aromatic rings. The molecule has 0 spiro atoms. The van der Waals surface area contributed by atoms with E-state index in [9.17, 15) is 10.1 Å². The van der Waals surface area contributed by atoms with Crippen LogP contribution in [0.25, 0.3) is 0 Å². The van der Waals surface area contributed by atoms with Crippen molar-refractivity contribution in [2.24, 2.45) is 5.92 Å². The zero-order chi connectivity index (χ0) is 13.8. The first-order chi connectivity index (χ1) is 9.09. The summed E-state index contributed by atoms with van der Waals surface area (Å²) in [4.78, 5) is 13.0. The number of nitro groups is 1. The van der Waals surface area contributed by atoms with Crippen molar-refractivity contribution in [2.45, 2.75) is 19.8 Å². The van der Waals surface area contributed by atoms with Crippen molar-refractivity contribution in [3.8, 4) is 0 Å². The van der Waals surface area contributed by atoms with E-state index in [0.717, 1.165) is 43.7 Å². The molecule has 1 saturated heterocycles. The summed E-state index contributed by atoms with van der Waals surface area (Å²) in [7, 11) is 1.95. The average Bonchev–Trinajstić information content (AvgIpc) is 2.39. The monoisotopic (exact) mass is 263 g/mol. The number of aryl methyl sites for hydroxylation is 1. The maximum atomic E-state index is 11.2. The van der Waals surface area contributed by atoms with Crippen LogP contribution in [0.1, 0.15) is 18.4 Å². The van der Waals surface area contributed by atoms with Crippen LogP contribution < -0.4 is 10.2 Å². The minimum atomic E-state index is -0.274. The largest absolute Gasteiger partial charge is 0.369 e. The third-order valence-corrected chi connectivity index (χ3v) is 3.80. The van der Waals surface area contributed by atoms with Gasteiger partial charge in [-0.05, 0) is 44.8 Å². The highest BCUT2D eigenvalue weighted by atomic mass is 16.6. The second-order valence-electron chi connectivity index (χ2n) is 5.27. The van der Waals surface area contributed by atoms with E-state index in [1.165, 1.54) is 0 Å². The van der Waals surface area contributed by atoms with Gasteiger partial charge in [0.2, 0.25) is 0 Å². The second-order valence-corrected chi connectivity index (χ2v) is 5.27. The first-order valence-electron chi connectivity index (χ1n) is 6.75. The quantitative estimate of drug-likeness (QED) is 0.669. The first kappa shape index (κ1) is 13.8. The minimum absolute atomic E-state index is 0.235. The molecule has 19 heavy (non-hydrogen) atoms. The van der Waals surface area contributed by atoms with Gasteiger partial charge in [-0.15, -0.1) is 0 Å². The predicted molar refractivity (Wildman–Crippen MR) is 76.7 cm³/mol. The standard InChI is InChI=1S/C14H21N3O2/c1-11-4-3-5-13(14(11)17(18)19)16(2)10-12-6-8-15-9-7-12/h3-5,12,15H,6-10H2,1-2H3. The number of hydrogen-bond acceptors (Lipinski definition) is 4. The van der Waals surface area contributed by atoms with Crippen LogP contribution in [-0.4, -0.2) is 31.6 Å². The van der Waals surface area contributed by atoms with Gasteiger partial charge in [0.1, 0.15) is 5.69 Å². The molecule has 0 aliphatic carbocycles. The number of benzene rings is 1. The van der Waals surface area contributed by atoms with Crippen LogP contribution in [0.5, 0.6) is 0 Å². The van der Waals surface area contributed by atoms with Crippen molar-refractivity contribution in [3.05, 3.63) is 33.9 Å². The molecule has 1 fully saturated rings. The van der Waals surface area contributed by atoms with E-state index < -0.39 is 0 Å². The zero-order valence-corrected chi connectivity index (χ0v) is 11.6. The molecule has 0 unspecified atom stereocenters. The predicted octanol–water partition coefficient (Wildman–Crippen LogP) is 2.34. The van der Waals surface area contributed by atoms with Crippen LogP contribution in [-0.2, 0) is 0 Å². The molecule has 0 aromatic heterocycles. The first-order valence-corrected chi connectivity index (χ1v) is 6.75. The molecule has 104 valence electrons. The molecule has 5 nitrogen and oxygen atoms in total. The molecular formula is C14H21N3O2. The van der Waals surface area contributed by atoms with Crippen molar-refractivity contribution < 1.29 is 4.92 Å². The third-order valence-electron chi connectivity index (χ3n) is 3.80. The van der Waals surface area contributed by atoms with Crippen molar-refractivity contribution in [3.63, 3.8) is 0 Å². The zero-order valence-electron chi connectivity index (χ0n) is 11.6. The molecule has 1 heterocycles. The topological polar surface area (TPSA) is 58.4 Å². The summed E-state index contributed by atoms with van der Waals surface area (Å²) in [5.41, 5.74) is 1.68. The number of piperidine rings is 1. The average molecular weight is 263 g/mol. The lowest BCUT2D eigenvalue weighted by Crippen LogP contribution is -2.34. The van der Waals surface area contributed by atoms with Crippen molar-refractivity contribution in [2.75, 3.05) is 31.6 Å². The Balaban J connectivity index is 2.16. The molecular weight excluding hydrogens is 242 g/mol. The van der Waals surface area contributed by atoms with E-state index in [2.05, 4.69) is 5.32 Å². The maximum Gasteiger partial charge on any atom is 0.295 e. The molecule has 1 aliphatic rings. The summed E-state index contributed by atoms with van der Waals surface area (Å²) in [5.74, 6) is 0.617. The van der Waals surface area contributed by atoms with Gasteiger partial charge in [-0.2, -0.15) is 0 Å². The van der Waals surface area contributed by atoms with Gasteiger partial charge in [0, 0.05) is 19.2 Å². The fraction of sp³-hybridized carbons (Fsp3) is 0.571. The molecule has 0 atom stereocenters. The summed E-state index contributed by atoms with van der Waals surface area (Å²) in [6, 6.07) is 5.52. The van der Waals surface area contributed by atoms with E-state index in [0.29, 0.717) is 5.92 Å². The Morgan fingerprint density at radius 1 is 1.42 bits per heavy atom. The molecule has 0 saturated carbocycles. The highest BCUT2D eigenvalue weighted by Crippen LogP contribution is 2.31. The summed E-state index contributed by atoms with van der Waals surface area (Å²) in [5, 5.41) is 14.5. The van der Waals surface area contributed by atoms with Crippen LogP contribution in [0.15, 0.2) is 18.2 Å². The van der Waals surface area contributed by atoms with Gasteiger partial charge >= 0.3 is 0 Å². The Kier molecular flexibility index (Phi) is 4.37. The normalized spacial score (nSPS) is 16.3. The lowest BCUT2D eigenvalue weighted by molar-refractivity contribution is -0.384. The van der Waals surface area contributed by atoms with Gasteiger partial charge in [0.15, 0.2) is 0 Å². The van der Waals surface area contributed by atoms with Gasteiger partial charge in [-0.25, -0.2) is 0 Å². The van der Waals surface area contributed by atoms with Gasteiger partial charge in [-0.1, -0.05) is 12.1 Å². The number of rotatable bonds is 4. The molecule has 1 aromatic carbocycles. The molecule has 5 heteroatoms. The van der Waals surface area contributed by atoms with Crippen molar-refractivity contribution in [1.29, 1.82) is 0 Å². The Bertz CT molecular complexity index is 456. The smallest absolute Gasteiger partial charge is 0.295 e. The summed E-state index contributed by atoms with van der Waals surface area (Å²) in [6.07, 6.45) is 2.29. The van der Waals surface area contributed by atoms with Crippen LogP contribution >= 0.6 is 0 Å². The van der Waals surface area contributed by atoms with Gasteiger partial charge < -0.3 is 10.2 Å². The van der Waals surface area contributed by atoms with E-state index in [4.69, 9.17) is 0 Å². The fourth-order valence-corrected chi connectivity index (χ4v) is 2.74. The number of nitrogens with zero attached hydrogens (tertiary/aromatic N) is 2. The van der Waals surface area contributed by atoms with Crippen LogP contribution in [0.4, 0.5) is 11.4 Å². The number of nitro benzene ring substituents is 1. The van der Waals surface area contributed by atoms with Crippen LogP contribution in [0, 0.1) is 23.0 Å². The van der Waals surface area contributed by atoms with E-state index >= 15 is 0 Å². The summed E-state index contributed by atoms with van der Waals surface area (Å²) in [6.45, 7) is 4.77. The lowest BCUT2D eigenvalue weighted by atomic mass is 9.97. The molecule has 0 radical (unpaired) electrons. The number of anilines is 1. The van der Waals surface area contributed by atoms with Crippen molar-refractivity contribution >= 4 is 11.4 Å². The SMILES string of the molecule is Cc1cccc(N(C)CC2CCNCC2)c1[N+](=O)[O-]. The fourth-order valence-electron chi connectivity index (χ4n) is 2.74. The second kappa shape index (κ2) is 6.02. The summed E-state index contributed by atoms with van der Waals surface area (Å²) < 4.78 is 0. The molecule has 0 amide bonds. The van der Waals surface area contributed by atoms with Gasteiger partial charge in [0.05, 0.1) is 4.92 Å². The van der Waals surface area contributed by atoms with E-state index in [1.807, 2.05) is 24.1 Å². The van der Waals surface area contributed by atoms with Gasteiger partial charge in [0.25, 0.3) is 5.69 Å². The van der Waals surface area contributed by atoms with E-state index in [-0.39, 0.29) is 10.6 Å². The Morgan fingerprint density at radius 2 is 2.11 bits per heavy atom. The van der Waals surface area contributed by atoms with E-state index in [1.54, 1.807) is 13.0 Å². The Hall–Kier alpha value is -1.62. The number of para-hydroxylation sites is 1. The Labute approximate surface area is 113 Å². The summed E-state index contributed by atoms with van der Waals surface area (Å²) >= 11 is 0. The molecule has 1 aliphatic heterocycles. The maximum absolute atomic E-state index is 11.2. The molecule has 0 bridgehead atoms. The van der Waals surface area contributed by atoms with Gasteiger partial charge in [-0.3, -0.25) is 10.1 Å². The molecule has 1 N–H and O–H groups in total. The minimum Gasteiger partial charge on any atom is -0.369 e. The van der Waals surface area contributed by atoms with Crippen molar-refractivity contribution in [1.82, 2.24) is 5.32 Å².